The van der Waals surface area contributed by atoms with Crippen molar-refractivity contribution in [1.29, 1.82) is 0 Å². The Hall–Kier alpha value is -3.66. The van der Waals surface area contributed by atoms with Crippen LogP contribution >= 0.6 is 11.3 Å². The number of amides is 3. The molecule has 1 N–H and O–H groups in total. The van der Waals surface area contributed by atoms with Gasteiger partial charge in [-0.2, -0.15) is 24.5 Å². The minimum Gasteiger partial charge on any atom is -0.334 e. The summed E-state index contributed by atoms with van der Waals surface area (Å²) in [6.07, 6.45) is -4.50. The van der Waals surface area contributed by atoms with Crippen LogP contribution in [0.1, 0.15) is 26.3 Å². The van der Waals surface area contributed by atoms with E-state index in [0.29, 0.717) is 11.3 Å². The summed E-state index contributed by atoms with van der Waals surface area (Å²) in [7, 11) is 0. The van der Waals surface area contributed by atoms with E-state index in [1.165, 1.54) is 9.80 Å². The number of rotatable bonds is 2. The first-order chi connectivity index (χ1) is 16.2. The first-order valence-corrected chi connectivity index (χ1v) is 11.4. The molecule has 174 valence electrons. The number of hydrogen-bond acceptors (Lipinski definition) is 4. The van der Waals surface area contributed by atoms with Crippen LogP contribution in [0.15, 0.2) is 59.3 Å². The van der Waals surface area contributed by atoms with Crippen molar-refractivity contribution in [2.45, 2.75) is 12.2 Å². The summed E-state index contributed by atoms with van der Waals surface area (Å²) in [4.78, 5) is 42.1. The third-order valence-electron chi connectivity index (χ3n) is 6.05. The fourth-order valence-electron chi connectivity index (χ4n) is 4.23. The molecular weight excluding hydrogens is 467 g/mol. The summed E-state index contributed by atoms with van der Waals surface area (Å²) < 4.78 is 38.5. The van der Waals surface area contributed by atoms with Gasteiger partial charge in [0.25, 0.3) is 11.8 Å². The van der Waals surface area contributed by atoms with Gasteiger partial charge in [0.15, 0.2) is 0 Å². The van der Waals surface area contributed by atoms with Crippen LogP contribution in [0.25, 0.3) is 11.1 Å². The molecular formula is C24H18F3N3O3S. The fourth-order valence-corrected chi connectivity index (χ4v) is 4.89. The molecule has 1 saturated heterocycles. The number of hydrogen-bond donors (Lipinski definition) is 1. The Morgan fingerprint density at radius 3 is 2.44 bits per heavy atom. The average molecular weight is 485 g/mol. The van der Waals surface area contributed by atoms with Gasteiger partial charge in [0.1, 0.15) is 6.04 Å². The van der Waals surface area contributed by atoms with Gasteiger partial charge in [-0.05, 0) is 64.4 Å². The third-order valence-corrected chi connectivity index (χ3v) is 6.74. The molecule has 0 aliphatic carbocycles. The van der Waals surface area contributed by atoms with Gasteiger partial charge in [-0.15, -0.1) is 0 Å². The molecule has 0 bridgehead atoms. The van der Waals surface area contributed by atoms with Crippen LogP contribution < -0.4 is 5.32 Å². The molecule has 10 heteroatoms. The summed E-state index contributed by atoms with van der Waals surface area (Å²) in [6.45, 7) is 0.239. The highest BCUT2D eigenvalue weighted by molar-refractivity contribution is 7.08. The Balaban J connectivity index is 1.38. The Bertz CT molecular complexity index is 1270. The molecule has 6 nitrogen and oxygen atoms in total. The van der Waals surface area contributed by atoms with Crippen molar-refractivity contribution < 1.29 is 27.6 Å². The molecule has 0 radical (unpaired) electrons. The predicted molar refractivity (Wildman–Crippen MR) is 121 cm³/mol. The molecule has 2 aliphatic heterocycles. The van der Waals surface area contributed by atoms with Gasteiger partial charge in [-0.25, -0.2) is 0 Å². The molecule has 3 heterocycles. The molecule has 0 spiro atoms. The van der Waals surface area contributed by atoms with Gasteiger partial charge in [0.05, 0.1) is 23.4 Å². The molecule has 0 unspecified atom stereocenters. The average Bonchev–Trinajstić information content (AvgIpc) is 3.34. The number of nitrogens with one attached hydrogen (secondary N) is 1. The van der Waals surface area contributed by atoms with E-state index in [1.807, 2.05) is 22.9 Å². The Labute approximate surface area is 196 Å². The zero-order chi connectivity index (χ0) is 24.0. The van der Waals surface area contributed by atoms with Crippen molar-refractivity contribution in [2.75, 3.05) is 25.0 Å². The molecule has 34 heavy (non-hydrogen) atoms. The largest absolute Gasteiger partial charge is 0.416 e. The quantitative estimate of drug-likeness (QED) is 0.587. The molecule has 5 rings (SSSR count). The van der Waals surface area contributed by atoms with E-state index in [0.717, 1.165) is 35.4 Å². The third kappa shape index (κ3) is 3.94. The maximum Gasteiger partial charge on any atom is 0.416 e. The van der Waals surface area contributed by atoms with Crippen LogP contribution in [0.5, 0.6) is 0 Å². The van der Waals surface area contributed by atoms with Crippen molar-refractivity contribution >= 4 is 34.7 Å². The Morgan fingerprint density at radius 1 is 1.00 bits per heavy atom. The van der Waals surface area contributed by atoms with Gasteiger partial charge in [0.2, 0.25) is 5.91 Å². The number of halogens is 3. The number of piperazine rings is 1. The molecule has 1 fully saturated rings. The second-order valence-electron chi connectivity index (χ2n) is 8.10. The topological polar surface area (TPSA) is 69.7 Å². The summed E-state index contributed by atoms with van der Waals surface area (Å²) in [5.74, 6) is -1.22. The van der Waals surface area contributed by atoms with Crippen molar-refractivity contribution in [3.05, 3.63) is 76.0 Å². The summed E-state index contributed by atoms with van der Waals surface area (Å²) in [6, 6.07) is 10.3. The van der Waals surface area contributed by atoms with Crippen LogP contribution in [0.3, 0.4) is 0 Å². The lowest BCUT2D eigenvalue weighted by molar-refractivity contribution is -0.137. The van der Waals surface area contributed by atoms with E-state index in [1.54, 1.807) is 23.5 Å². The van der Waals surface area contributed by atoms with E-state index < -0.39 is 29.6 Å². The first kappa shape index (κ1) is 22.1. The number of thiophene rings is 1. The number of carbonyl (C=O) groups is 3. The smallest absolute Gasteiger partial charge is 0.334 e. The summed E-state index contributed by atoms with van der Waals surface area (Å²) in [5, 5.41) is 6.69. The predicted octanol–water partition coefficient (Wildman–Crippen LogP) is 4.35. The molecule has 3 amide bonds. The van der Waals surface area contributed by atoms with E-state index in [4.69, 9.17) is 0 Å². The van der Waals surface area contributed by atoms with Gasteiger partial charge in [-0.1, -0.05) is 6.07 Å². The highest BCUT2D eigenvalue weighted by Gasteiger charge is 2.40. The molecule has 2 aliphatic rings. The Kier molecular flexibility index (Phi) is 5.40. The fraction of sp³-hybridized carbons (Fsp3) is 0.208. The van der Waals surface area contributed by atoms with Gasteiger partial charge >= 0.3 is 6.18 Å². The number of anilines is 1. The van der Waals surface area contributed by atoms with Crippen LogP contribution in [-0.4, -0.2) is 53.2 Å². The second-order valence-corrected chi connectivity index (χ2v) is 8.88. The maximum atomic E-state index is 13.3. The normalized spacial score (nSPS) is 18.1. The van der Waals surface area contributed by atoms with Crippen molar-refractivity contribution in [3.63, 3.8) is 0 Å². The van der Waals surface area contributed by atoms with Crippen LogP contribution in [-0.2, 0) is 11.0 Å². The van der Waals surface area contributed by atoms with Crippen molar-refractivity contribution in [2.24, 2.45) is 0 Å². The van der Waals surface area contributed by atoms with Crippen molar-refractivity contribution in [1.82, 2.24) is 9.80 Å². The zero-order valence-corrected chi connectivity index (χ0v) is 18.4. The lowest BCUT2D eigenvalue weighted by Gasteiger charge is -2.39. The van der Waals surface area contributed by atoms with Crippen LogP contribution in [0, 0.1) is 0 Å². The van der Waals surface area contributed by atoms with E-state index in [-0.39, 0.29) is 31.1 Å². The highest BCUT2D eigenvalue weighted by Crippen LogP contribution is 2.32. The number of carbonyl (C=O) groups excluding carboxylic acids is 3. The number of benzene rings is 2. The van der Waals surface area contributed by atoms with E-state index >= 15 is 0 Å². The minimum absolute atomic E-state index is 0.0528. The first-order valence-electron chi connectivity index (χ1n) is 10.5. The monoisotopic (exact) mass is 485 g/mol. The number of alkyl halides is 3. The van der Waals surface area contributed by atoms with Crippen LogP contribution in [0.4, 0.5) is 18.9 Å². The number of nitrogens with zero attached hydrogens (tertiary/aromatic N) is 2. The highest BCUT2D eigenvalue weighted by atomic mass is 32.1. The molecule has 3 aromatic rings. The minimum atomic E-state index is -4.50. The second kappa shape index (κ2) is 8.28. The SMILES string of the molecule is O=C1Nc2ccc(-c3ccsc3)cc2C(=O)N2CCN(C(=O)c3ccc(C(F)(F)F)cc3)C[C@@H]12. The van der Waals surface area contributed by atoms with Crippen molar-refractivity contribution in [3.8, 4) is 11.1 Å². The lowest BCUT2D eigenvalue weighted by atomic mass is 10.0. The standard InChI is InChI=1S/C24H18F3N3O3S/c25-24(26,27)17-4-1-14(2-5-17)22(32)29-8-9-30-20(12-29)21(31)28-19-6-3-15(11-18(19)23(30)33)16-7-10-34-13-16/h1-7,10-11,13,20H,8-9,12H2,(H,28,31)/t20-/m0/s1. The Morgan fingerprint density at radius 2 is 1.76 bits per heavy atom. The van der Waals surface area contributed by atoms with Gasteiger partial charge < -0.3 is 15.1 Å². The van der Waals surface area contributed by atoms with Gasteiger partial charge in [-0.3, -0.25) is 14.4 Å². The molecule has 2 aromatic carbocycles. The van der Waals surface area contributed by atoms with Gasteiger partial charge in [0, 0.05) is 18.7 Å². The van der Waals surface area contributed by atoms with E-state index in [9.17, 15) is 27.6 Å². The lowest BCUT2D eigenvalue weighted by Crippen LogP contribution is -2.59. The summed E-state index contributed by atoms with van der Waals surface area (Å²) in [5.41, 5.74) is 1.86. The molecule has 1 aromatic heterocycles. The number of fused-ring (bicyclic) bond motifs is 2. The van der Waals surface area contributed by atoms with Crippen LogP contribution in [0.2, 0.25) is 0 Å². The molecule has 0 saturated carbocycles. The molecule has 1 atom stereocenters. The summed E-state index contributed by atoms with van der Waals surface area (Å²) >= 11 is 1.54. The maximum absolute atomic E-state index is 13.3. The van der Waals surface area contributed by atoms with E-state index in [2.05, 4.69) is 5.32 Å². The zero-order valence-electron chi connectivity index (χ0n) is 17.6.